The van der Waals surface area contributed by atoms with Crippen LogP contribution < -0.4 is 0 Å². The van der Waals surface area contributed by atoms with E-state index in [1.165, 1.54) is 36.8 Å². The minimum Gasteiger partial charge on any atom is -0.327 e. The molecule has 1 aromatic heterocycles. The molecule has 1 saturated carbocycles. The molecule has 108 valence electrons. The highest BCUT2D eigenvalue weighted by Gasteiger charge is 2.42. The number of alkyl halides is 1. The average Bonchev–Trinajstić information content (AvgIpc) is 3.10. The summed E-state index contributed by atoms with van der Waals surface area (Å²) in [7, 11) is 0. The Balaban J connectivity index is 2.01. The summed E-state index contributed by atoms with van der Waals surface area (Å²) in [4.78, 5) is 4.79. The summed E-state index contributed by atoms with van der Waals surface area (Å²) in [5.74, 6) is 1.80. The maximum absolute atomic E-state index is 5.96. The van der Waals surface area contributed by atoms with Crippen LogP contribution in [0, 0.1) is 12.3 Å². The van der Waals surface area contributed by atoms with Crippen molar-refractivity contribution >= 4 is 22.6 Å². The Kier molecular flexibility index (Phi) is 3.76. The molecular weight excluding hydrogens is 268 g/mol. The lowest BCUT2D eigenvalue weighted by atomic mass is 10.0. The third kappa shape index (κ3) is 2.58. The Morgan fingerprint density at radius 3 is 2.80 bits per heavy atom. The molecule has 0 N–H and O–H groups in total. The Bertz CT molecular complexity index is 611. The maximum atomic E-state index is 5.96. The van der Waals surface area contributed by atoms with Gasteiger partial charge in [-0.25, -0.2) is 4.98 Å². The third-order valence-electron chi connectivity index (χ3n) is 4.53. The van der Waals surface area contributed by atoms with Crippen molar-refractivity contribution in [3.05, 3.63) is 29.6 Å². The summed E-state index contributed by atoms with van der Waals surface area (Å²) in [6, 6.07) is 6.55. The molecule has 0 aliphatic heterocycles. The van der Waals surface area contributed by atoms with Gasteiger partial charge < -0.3 is 4.57 Å². The fraction of sp³-hybridized carbons (Fsp3) is 0.588. The van der Waals surface area contributed by atoms with E-state index in [-0.39, 0.29) is 0 Å². The fourth-order valence-electron chi connectivity index (χ4n) is 3.26. The average molecular weight is 291 g/mol. The highest BCUT2D eigenvalue weighted by molar-refractivity contribution is 6.17. The normalized spacial score (nSPS) is 16.8. The van der Waals surface area contributed by atoms with Crippen molar-refractivity contribution in [2.24, 2.45) is 5.41 Å². The molecule has 0 bridgehead atoms. The molecule has 1 aromatic carbocycles. The monoisotopic (exact) mass is 290 g/mol. The van der Waals surface area contributed by atoms with Gasteiger partial charge in [-0.05, 0) is 49.3 Å². The summed E-state index contributed by atoms with van der Waals surface area (Å²) >= 11 is 5.96. The number of halogens is 1. The van der Waals surface area contributed by atoms with Gasteiger partial charge in [-0.15, -0.1) is 11.6 Å². The first-order chi connectivity index (χ1) is 9.67. The second kappa shape index (κ2) is 5.40. The number of hydrogen-bond acceptors (Lipinski definition) is 1. The second-order valence-corrected chi connectivity index (χ2v) is 6.67. The van der Waals surface area contributed by atoms with Gasteiger partial charge in [-0.1, -0.05) is 19.4 Å². The summed E-state index contributed by atoms with van der Waals surface area (Å²) in [5.41, 5.74) is 4.24. The summed E-state index contributed by atoms with van der Waals surface area (Å²) in [6.45, 7) is 5.56. The summed E-state index contributed by atoms with van der Waals surface area (Å²) < 4.78 is 2.44. The lowest BCUT2D eigenvalue weighted by molar-refractivity contribution is 0.387. The number of hydrogen-bond donors (Lipinski definition) is 0. The first-order valence-electron chi connectivity index (χ1n) is 7.69. The molecule has 1 heterocycles. The van der Waals surface area contributed by atoms with Crippen molar-refractivity contribution in [3.8, 4) is 0 Å². The SMILES string of the molecule is CCCC1(Cn2c(CCCl)nc3ccc(C)cc32)CC1. The number of nitrogens with zero attached hydrogens (tertiary/aromatic N) is 2. The molecular formula is C17H23ClN2. The molecule has 0 amide bonds. The predicted molar refractivity (Wildman–Crippen MR) is 85.5 cm³/mol. The molecule has 0 atom stereocenters. The predicted octanol–water partition coefficient (Wildman–Crippen LogP) is 4.71. The molecule has 0 radical (unpaired) electrons. The highest BCUT2D eigenvalue weighted by atomic mass is 35.5. The second-order valence-electron chi connectivity index (χ2n) is 6.30. The number of imidazole rings is 1. The van der Waals surface area contributed by atoms with Gasteiger partial charge in [0.15, 0.2) is 0 Å². The molecule has 2 aromatic rings. The summed E-state index contributed by atoms with van der Waals surface area (Å²) in [6.07, 6.45) is 6.20. The number of benzene rings is 1. The van der Waals surface area contributed by atoms with E-state index in [1.807, 2.05) is 0 Å². The van der Waals surface area contributed by atoms with E-state index in [0.29, 0.717) is 11.3 Å². The number of aryl methyl sites for hydroxylation is 2. The molecule has 0 spiro atoms. The first-order valence-corrected chi connectivity index (χ1v) is 8.23. The molecule has 3 heteroatoms. The van der Waals surface area contributed by atoms with Crippen LogP contribution in [-0.2, 0) is 13.0 Å². The van der Waals surface area contributed by atoms with Crippen LogP contribution in [0.3, 0.4) is 0 Å². The zero-order valence-corrected chi connectivity index (χ0v) is 13.2. The van der Waals surface area contributed by atoms with Crippen LogP contribution in [0.5, 0.6) is 0 Å². The van der Waals surface area contributed by atoms with E-state index in [2.05, 4.69) is 36.6 Å². The molecule has 2 nitrogen and oxygen atoms in total. The van der Waals surface area contributed by atoms with Crippen LogP contribution in [-0.4, -0.2) is 15.4 Å². The molecule has 1 fully saturated rings. The van der Waals surface area contributed by atoms with Crippen molar-refractivity contribution < 1.29 is 0 Å². The van der Waals surface area contributed by atoms with Gasteiger partial charge >= 0.3 is 0 Å². The van der Waals surface area contributed by atoms with Gasteiger partial charge in [0.05, 0.1) is 11.0 Å². The maximum Gasteiger partial charge on any atom is 0.111 e. The van der Waals surface area contributed by atoms with E-state index < -0.39 is 0 Å². The van der Waals surface area contributed by atoms with Crippen LogP contribution in [0.1, 0.15) is 44.0 Å². The van der Waals surface area contributed by atoms with Crippen molar-refractivity contribution in [3.63, 3.8) is 0 Å². The molecule has 20 heavy (non-hydrogen) atoms. The quantitative estimate of drug-likeness (QED) is 0.705. The Labute approximate surface area is 126 Å². The van der Waals surface area contributed by atoms with Gasteiger partial charge in [0.2, 0.25) is 0 Å². The molecule has 3 rings (SSSR count). The van der Waals surface area contributed by atoms with Gasteiger partial charge in [-0.2, -0.15) is 0 Å². The highest BCUT2D eigenvalue weighted by Crippen LogP contribution is 2.51. The first kappa shape index (κ1) is 13.9. The number of fused-ring (bicyclic) bond motifs is 1. The molecule has 0 unspecified atom stereocenters. The minimum absolute atomic E-state index is 0.535. The van der Waals surface area contributed by atoms with Crippen LogP contribution in [0.15, 0.2) is 18.2 Å². The van der Waals surface area contributed by atoms with E-state index >= 15 is 0 Å². The lowest BCUT2D eigenvalue weighted by Crippen LogP contribution is -2.14. The Morgan fingerprint density at radius 1 is 1.35 bits per heavy atom. The van der Waals surface area contributed by atoms with Gasteiger partial charge in [0.25, 0.3) is 0 Å². The van der Waals surface area contributed by atoms with E-state index in [1.54, 1.807) is 0 Å². The third-order valence-corrected chi connectivity index (χ3v) is 4.72. The van der Waals surface area contributed by atoms with Gasteiger partial charge in [0, 0.05) is 18.8 Å². The van der Waals surface area contributed by atoms with Crippen LogP contribution in [0.4, 0.5) is 0 Å². The zero-order chi connectivity index (χ0) is 14.2. The Morgan fingerprint density at radius 2 is 2.15 bits per heavy atom. The largest absolute Gasteiger partial charge is 0.327 e. The molecule has 0 saturated heterocycles. The topological polar surface area (TPSA) is 17.8 Å². The summed E-state index contributed by atoms with van der Waals surface area (Å²) in [5, 5.41) is 0. The number of rotatable bonds is 6. The van der Waals surface area contributed by atoms with Gasteiger partial charge in [-0.3, -0.25) is 0 Å². The fourth-order valence-corrected chi connectivity index (χ4v) is 3.43. The van der Waals surface area contributed by atoms with Gasteiger partial charge in [0.1, 0.15) is 5.82 Å². The van der Waals surface area contributed by atoms with Crippen molar-refractivity contribution in [2.75, 3.05) is 5.88 Å². The van der Waals surface area contributed by atoms with Crippen LogP contribution in [0.2, 0.25) is 0 Å². The van der Waals surface area contributed by atoms with Crippen molar-refractivity contribution in [2.45, 2.75) is 52.5 Å². The van der Waals surface area contributed by atoms with Crippen molar-refractivity contribution in [1.82, 2.24) is 9.55 Å². The standard InChI is InChI=1S/C17H23ClN2/c1-3-7-17(8-9-17)12-20-15-11-13(2)4-5-14(15)19-16(20)6-10-18/h4-5,11H,3,6-10,12H2,1-2H3. The van der Waals surface area contributed by atoms with E-state index in [4.69, 9.17) is 16.6 Å². The lowest BCUT2D eigenvalue weighted by Gasteiger charge is -2.17. The molecule has 1 aliphatic carbocycles. The van der Waals surface area contributed by atoms with Crippen molar-refractivity contribution in [1.29, 1.82) is 0 Å². The Hall–Kier alpha value is -1.02. The zero-order valence-electron chi connectivity index (χ0n) is 12.5. The van der Waals surface area contributed by atoms with Crippen LogP contribution >= 0.6 is 11.6 Å². The van der Waals surface area contributed by atoms with E-state index in [0.717, 1.165) is 24.3 Å². The van der Waals surface area contributed by atoms with E-state index in [9.17, 15) is 0 Å². The smallest absolute Gasteiger partial charge is 0.111 e. The molecule has 1 aliphatic rings. The number of aromatic nitrogens is 2. The van der Waals surface area contributed by atoms with Crippen LogP contribution in [0.25, 0.3) is 11.0 Å². The minimum atomic E-state index is 0.535.